The van der Waals surface area contributed by atoms with E-state index in [9.17, 15) is 0 Å². The maximum Gasteiger partial charge on any atom is 0.0192 e. The molecule has 3 heteroatoms. The van der Waals surface area contributed by atoms with Crippen LogP contribution in [-0.4, -0.2) is 29.3 Å². The topological polar surface area (TPSA) is 12.0 Å². The van der Waals surface area contributed by atoms with Gasteiger partial charge in [-0.05, 0) is 24.3 Å². The summed E-state index contributed by atoms with van der Waals surface area (Å²) in [5, 5.41) is 4.45. The standard InChI is InChI=1S/C13H19NS2/c1-11-13(7-9-15-11)14-8-10-16-12-5-3-2-4-6-12/h2-6,11,13-14H,7-10H2,1H3. The molecule has 1 aliphatic rings. The summed E-state index contributed by atoms with van der Waals surface area (Å²) in [6.07, 6.45) is 1.34. The third kappa shape index (κ3) is 3.72. The molecular formula is C13H19NS2. The Kier molecular flexibility index (Phi) is 5.07. The molecule has 1 aliphatic heterocycles. The van der Waals surface area contributed by atoms with Crippen LogP contribution < -0.4 is 5.32 Å². The van der Waals surface area contributed by atoms with Crippen molar-refractivity contribution in [1.29, 1.82) is 0 Å². The zero-order valence-corrected chi connectivity index (χ0v) is 11.3. The van der Waals surface area contributed by atoms with Gasteiger partial charge in [0.15, 0.2) is 0 Å². The Morgan fingerprint density at radius 2 is 2.19 bits per heavy atom. The van der Waals surface area contributed by atoms with Crippen LogP contribution in [0.1, 0.15) is 13.3 Å². The van der Waals surface area contributed by atoms with E-state index in [-0.39, 0.29) is 0 Å². The normalized spacial score (nSPS) is 24.8. The maximum absolute atomic E-state index is 3.66. The molecule has 16 heavy (non-hydrogen) atoms. The van der Waals surface area contributed by atoms with Gasteiger partial charge in [-0.25, -0.2) is 0 Å². The molecule has 2 unspecified atom stereocenters. The minimum absolute atomic E-state index is 0.737. The van der Waals surface area contributed by atoms with Crippen LogP contribution in [0.2, 0.25) is 0 Å². The largest absolute Gasteiger partial charge is 0.312 e. The molecular weight excluding hydrogens is 234 g/mol. The molecule has 0 amide bonds. The summed E-state index contributed by atoms with van der Waals surface area (Å²) in [5.74, 6) is 2.49. The van der Waals surface area contributed by atoms with Gasteiger partial charge >= 0.3 is 0 Å². The second-order valence-electron chi connectivity index (χ2n) is 4.09. The Hall–Kier alpha value is -0.120. The quantitative estimate of drug-likeness (QED) is 0.639. The number of nitrogens with one attached hydrogen (secondary N) is 1. The van der Waals surface area contributed by atoms with E-state index in [4.69, 9.17) is 0 Å². The lowest BCUT2D eigenvalue weighted by Crippen LogP contribution is -2.34. The van der Waals surface area contributed by atoms with E-state index < -0.39 is 0 Å². The van der Waals surface area contributed by atoms with Crippen molar-refractivity contribution in [3.8, 4) is 0 Å². The van der Waals surface area contributed by atoms with Crippen LogP contribution in [-0.2, 0) is 0 Å². The lowest BCUT2D eigenvalue weighted by Gasteiger charge is -2.16. The zero-order valence-electron chi connectivity index (χ0n) is 9.69. The van der Waals surface area contributed by atoms with E-state index in [1.165, 1.54) is 17.1 Å². The summed E-state index contributed by atoms with van der Waals surface area (Å²) in [7, 11) is 0. The molecule has 0 spiro atoms. The molecule has 1 saturated heterocycles. The second kappa shape index (κ2) is 6.58. The molecule has 1 nitrogen and oxygen atoms in total. The van der Waals surface area contributed by atoms with Gasteiger partial charge in [0.2, 0.25) is 0 Å². The van der Waals surface area contributed by atoms with Crippen molar-refractivity contribution in [3.63, 3.8) is 0 Å². The van der Waals surface area contributed by atoms with E-state index in [0.29, 0.717) is 0 Å². The van der Waals surface area contributed by atoms with Gasteiger partial charge in [-0.3, -0.25) is 0 Å². The molecule has 0 aliphatic carbocycles. The van der Waals surface area contributed by atoms with Crippen molar-refractivity contribution in [2.45, 2.75) is 29.5 Å². The van der Waals surface area contributed by atoms with Crippen LogP contribution >= 0.6 is 23.5 Å². The minimum atomic E-state index is 0.737. The van der Waals surface area contributed by atoms with Crippen molar-refractivity contribution in [1.82, 2.24) is 5.32 Å². The number of thioether (sulfide) groups is 2. The molecule has 1 heterocycles. The number of hydrogen-bond acceptors (Lipinski definition) is 3. The summed E-state index contributed by atoms with van der Waals surface area (Å²) in [4.78, 5) is 1.37. The summed E-state index contributed by atoms with van der Waals surface area (Å²) in [6, 6.07) is 11.4. The van der Waals surface area contributed by atoms with E-state index in [0.717, 1.165) is 23.6 Å². The molecule has 1 N–H and O–H groups in total. The van der Waals surface area contributed by atoms with Crippen molar-refractivity contribution < 1.29 is 0 Å². The van der Waals surface area contributed by atoms with Gasteiger partial charge in [0.25, 0.3) is 0 Å². The molecule has 1 fully saturated rings. The van der Waals surface area contributed by atoms with Gasteiger partial charge < -0.3 is 5.32 Å². The third-order valence-corrected chi connectivity index (χ3v) is 5.24. The third-order valence-electron chi connectivity index (χ3n) is 2.90. The van der Waals surface area contributed by atoms with E-state index in [1.54, 1.807) is 0 Å². The summed E-state index contributed by atoms with van der Waals surface area (Å²) in [6.45, 7) is 3.45. The Bertz CT molecular complexity index is 302. The predicted octanol–water partition coefficient (Wildman–Crippen LogP) is 3.26. The highest BCUT2D eigenvalue weighted by molar-refractivity contribution is 8.00. The first kappa shape index (κ1) is 12.3. The van der Waals surface area contributed by atoms with Crippen LogP contribution in [0, 0.1) is 0 Å². The van der Waals surface area contributed by atoms with Crippen LogP contribution in [0.3, 0.4) is 0 Å². The molecule has 0 aromatic heterocycles. The van der Waals surface area contributed by atoms with Crippen LogP contribution in [0.4, 0.5) is 0 Å². The fourth-order valence-corrected chi connectivity index (χ4v) is 3.96. The van der Waals surface area contributed by atoms with E-state index in [2.05, 4.69) is 54.3 Å². The predicted molar refractivity (Wildman–Crippen MR) is 75.5 cm³/mol. The SMILES string of the molecule is CC1SCCC1NCCSc1ccccc1. The highest BCUT2D eigenvalue weighted by atomic mass is 32.2. The minimum Gasteiger partial charge on any atom is -0.312 e. The van der Waals surface area contributed by atoms with Gasteiger partial charge in [0.05, 0.1) is 0 Å². The summed E-state index contributed by atoms with van der Waals surface area (Å²) < 4.78 is 0. The fourth-order valence-electron chi connectivity index (χ4n) is 1.93. The average molecular weight is 253 g/mol. The lowest BCUT2D eigenvalue weighted by molar-refractivity contribution is 0.532. The Morgan fingerprint density at radius 3 is 2.88 bits per heavy atom. The van der Waals surface area contributed by atoms with Gasteiger partial charge in [-0.1, -0.05) is 25.1 Å². The molecule has 2 atom stereocenters. The van der Waals surface area contributed by atoms with Gasteiger partial charge in [-0.15, -0.1) is 11.8 Å². The Balaban J connectivity index is 1.62. The lowest BCUT2D eigenvalue weighted by atomic mass is 10.2. The highest BCUT2D eigenvalue weighted by Gasteiger charge is 2.22. The molecule has 1 aromatic carbocycles. The van der Waals surface area contributed by atoms with Gasteiger partial charge in [-0.2, -0.15) is 11.8 Å². The van der Waals surface area contributed by atoms with Crippen molar-refractivity contribution >= 4 is 23.5 Å². The van der Waals surface area contributed by atoms with E-state index in [1.807, 2.05) is 11.8 Å². The zero-order chi connectivity index (χ0) is 11.2. The molecule has 1 aromatic rings. The van der Waals surface area contributed by atoms with Crippen molar-refractivity contribution in [3.05, 3.63) is 30.3 Å². The first-order chi connectivity index (χ1) is 7.86. The summed E-state index contributed by atoms with van der Waals surface area (Å²) in [5.41, 5.74) is 0. The van der Waals surface area contributed by atoms with Crippen molar-refractivity contribution in [2.75, 3.05) is 18.1 Å². The Morgan fingerprint density at radius 1 is 1.38 bits per heavy atom. The molecule has 0 bridgehead atoms. The van der Waals surface area contributed by atoms with Crippen molar-refractivity contribution in [2.24, 2.45) is 0 Å². The second-order valence-corrected chi connectivity index (χ2v) is 6.74. The smallest absolute Gasteiger partial charge is 0.0192 e. The Labute approximate surface area is 107 Å². The first-order valence-electron chi connectivity index (χ1n) is 5.89. The van der Waals surface area contributed by atoms with Gasteiger partial charge in [0, 0.05) is 28.5 Å². The van der Waals surface area contributed by atoms with Gasteiger partial charge in [0.1, 0.15) is 0 Å². The number of hydrogen-bond donors (Lipinski definition) is 1. The number of rotatable bonds is 5. The highest BCUT2D eigenvalue weighted by Crippen LogP contribution is 2.26. The van der Waals surface area contributed by atoms with Crippen LogP contribution in [0.5, 0.6) is 0 Å². The molecule has 0 radical (unpaired) electrons. The van der Waals surface area contributed by atoms with Crippen LogP contribution in [0.15, 0.2) is 35.2 Å². The maximum atomic E-state index is 3.66. The van der Waals surface area contributed by atoms with Crippen LogP contribution in [0.25, 0.3) is 0 Å². The molecule has 2 rings (SSSR count). The molecule has 88 valence electrons. The number of benzene rings is 1. The monoisotopic (exact) mass is 253 g/mol. The first-order valence-corrected chi connectivity index (χ1v) is 7.92. The fraction of sp³-hybridized carbons (Fsp3) is 0.538. The summed E-state index contributed by atoms with van der Waals surface area (Å²) >= 11 is 4.03. The van der Waals surface area contributed by atoms with E-state index >= 15 is 0 Å². The molecule has 0 saturated carbocycles. The average Bonchev–Trinajstić information content (AvgIpc) is 2.72.